The maximum absolute atomic E-state index is 6.75. The van der Waals surface area contributed by atoms with Gasteiger partial charge in [0.05, 0.1) is 27.4 Å². The van der Waals surface area contributed by atoms with Crippen LogP contribution in [-0.2, 0) is 24.4 Å². The maximum atomic E-state index is 6.75. The summed E-state index contributed by atoms with van der Waals surface area (Å²) < 4.78 is 23.2. The van der Waals surface area contributed by atoms with Gasteiger partial charge in [-0.3, -0.25) is 0 Å². The highest BCUT2D eigenvalue weighted by atomic mass is 35.5. The number of hydrogen-bond donors (Lipinski definition) is 0. The normalized spacial score (nSPS) is 12.1. The molecule has 37 heavy (non-hydrogen) atoms. The molecule has 0 heterocycles. The van der Waals surface area contributed by atoms with Crippen LogP contribution in [-0.4, -0.2) is 20.8 Å². The van der Waals surface area contributed by atoms with Gasteiger partial charge in [0.25, 0.3) is 0 Å². The van der Waals surface area contributed by atoms with E-state index in [4.69, 9.17) is 30.5 Å². The van der Waals surface area contributed by atoms with Gasteiger partial charge in [-0.05, 0) is 65.3 Å². The Hall–Kier alpha value is -3.21. The third kappa shape index (κ3) is 6.97. The van der Waals surface area contributed by atoms with Crippen molar-refractivity contribution < 1.29 is 18.9 Å². The first-order valence-corrected chi connectivity index (χ1v) is 13.0. The number of benzene rings is 4. The molecule has 4 rings (SSSR count). The molecular formula is C32H35ClO4. The zero-order valence-electron chi connectivity index (χ0n) is 22.0. The van der Waals surface area contributed by atoms with E-state index in [0.717, 1.165) is 56.2 Å². The molecule has 0 aliphatic heterocycles. The average molecular weight is 519 g/mol. The van der Waals surface area contributed by atoms with Gasteiger partial charge < -0.3 is 18.9 Å². The van der Waals surface area contributed by atoms with Gasteiger partial charge in [-0.25, -0.2) is 0 Å². The van der Waals surface area contributed by atoms with Gasteiger partial charge in [-0.2, -0.15) is 0 Å². The standard InChI is InChI=1S/C32H35ClO4/c1-22(2)26(21-36-19-23-9-13-27(34-3)14-10-23)17-25-18-31(33)29-7-5-6-8-30(29)32(25)37-20-24-11-15-28(35-4)16-12-24/h5-16,18,22,26H,17,19-21H2,1-4H3/t26-/m1/s1. The molecule has 194 valence electrons. The summed E-state index contributed by atoms with van der Waals surface area (Å²) in [6, 6.07) is 26.2. The highest BCUT2D eigenvalue weighted by Crippen LogP contribution is 2.38. The largest absolute Gasteiger partial charge is 0.497 e. The van der Waals surface area contributed by atoms with Gasteiger partial charge in [0.2, 0.25) is 0 Å². The van der Waals surface area contributed by atoms with Gasteiger partial charge in [-0.15, -0.1) is 0 Å². The summed E-state index contributed by atoms with van der Waals surface area (Å²) in [6.07, 6.45) is 0.808. The van der Waals surface area contributed by atoms with Crippen LogP contribution in [0.5, 0.6) is 17.2 Å². The Morgan fingerprint density at radius 1 is 0.730 bits per heavy atom. The van der Waals surface area contributed by atoms with Crippen LogP contribution in [0.3, 0.4) is 0 Å². The van der Waals surface area contributed by atoms with E-state index in [2.05, 4.69) is 26.0 Å². The summed E-state index contributed by atoms with van der Waals surface area (Å²) in [5.41, 5.74) is 3.30. The molecule has 0 amide bonds. The zero-order valence-corrected chi connectivity index (χ0v) is 22.8. The van der Waals surface area contributed by atoms with E-state index in [1.165, 1.54) is 0 Å². The third-order valence-corrected chi connectivity index (χ3v) is 7.06. The second kappa shape index (κ2) is 12.8. The van der Waals surface area contributed by atoms with E-state index in [1.807, 2.05) is 66.7 Å². The molecule has 5 heteroatoms. The lowest BCUT2D eigenvalue weighted by Gasteiger charge is -2.24. The second-order valence-corrected chi connectivity index (χ2v) is 10.0. The first-order chi connectivity index (χ1) is 18.0. The fourth-order valence-corrected chi connectivity index (χ4v) is 4.67. The minimum atomic E-state index is 0.304. The average Bonchev–Trinajstić information content (AvgIpc) is 2.93. The molecule has 4 nitrogen and oxygen atoms in total. The van der Waals surface area contributed by atoms with Crippen LogP contribution in [0.1, 0.15) is 30.5 Å². The van der Waals surface area contributed by atoms with Crippen molar-refractivity contribution >= 4 is 22.4 Å². The number of ether oxygens (including phenoxy) is 4. The molecule has 0 aliphatic carbocycles. The van der Waals surface area contributed by atoms with E-state index in [0.29, 0.717) is 31.7 Å². The molecule has 0 radical (unpaired) electrons. The van der Waals surface area contributed by atoms with Crippen molar-refractivity contribution in [1.29, 1.82) is 0 Å². The van der Waals surface area contributed by atoms with Gasteiger partial charge in [0, 0.05) is 15.8 Å². The minimum Gasteiger partial charge on any atom is -0.497 e. The predicted molar refractivity (Wildman–Crippen MR) is 151 cm³/mol. The molecule has 4 aromatic rings. The highest BCUT2D eigenvalue weighted by molar-refractivity contribution is 6.35. The van der Waals surface area contributed by atoms with Crippen LogP contribution < -0.4 is 14.2 Å². The molecular weight excluding hydrogens is 484 g/mol. The van der Waals surface area contributed by atoms with Crippen LogP contribution in [0.15, 0.2) is 78.9 Å². The zero-order chi connectivity index (χ0) is 26.2. The van der Waals surface area contributed by atoms with Crippen molar-refractivity contribution in [2.24, 2.45) is 11.8 Å². The van der Waals surface area contributed by atoms with E-state index < -0.39 is 0 Å². The van der Waals surface area contributed by atoms with Gasteiger partial charge >= 0.3 is 0 Å². The summed E-state index contributed by atoms with van der Waals surface area (Å²) in [5, 5.41) is 2.76. The molecule has 0 fully saturated rings. The highest BCUT2D eigenvalue weighted by Gasteiger charge is 2.20. The molecule has 0 saturated carbocycles. The van der Waals surface area contributed by atoms with Crippen LogP contribution in [0.25, 0.3) is 10.8 Å². The molecule has 0 spiro atoms. The molecule has 0 saturated heterocycles. The lowest BCUT2D eigenvalue weighted by atomic mass is 9.88. The fourth-order valence-electron chi connectivity index (χ4n) is 4.38. The molecule has 1 atom stereocenters. The molecule has 0 N–H and O–H groups in total. The number of rotatable bonds is 12. The summed E-state index contributed by atoms with van der Waals surface area (Å²) in [4.78, 5) is 0. The van der Waals surface area contributed by atoms with E-state index in [9.17, 15) is 0 Å². The number of hydrogen-bond acceptors (Lipinski definition) is 4. The second-order valence-electron chi connectivity index (χ2n) is 9.60. The van der Waals surface area contributed by atoms with Crippen LogP contribution in [0.2, 0.25) is 5.02 Å². The molecule has 4 aromatic carbocycles. The molecule has 0 aliphatic rings. The Balaban J connectivity index is 1.53. The Morgan fingerprint density at radius 2 is 1.30 bits per heavy atom. The van der Waals surface area contributed by atoms with Gasteiger partial charge in [0.15, 0.2) is 0 Å². The Bertz CT molecular complexity index is 1280. The first-order valence-electron chi connectivity index (χ1n) is 12.6. The summed E-state index contributed by atoms with van der Waals surface area (Å²) in [5.74, 6) is 3.29. The number of methoxy groups -OCH3 is 2. The topological polar surface area (TPSA) is 36.9 Å². The number of fused-ring (bicyclic) bond motifs is 1. The smallest absolute Gasteiger partial charge is 0.130 e. The molecule has 0 unspecified atom stereocenters. The SMILES string of the molecule is COc1ccc(COC[C@@H](Cc2cc(Cl)c3ccccc3c2OCc2ccc(OC)cc2)C(C)C)cc1. The lowest BCUT2D eigenvalue weighted by Crippen LogP contribution is -2.19. The van der Waals surface area contributed by atoms with Crippen molar-refractivity contribution in [3.63, 3.8) is 0 Å². The number of halogens is 1. The van der Waals surface area contributed by atoms with Crippen molar-refractivity contribution in [3.8, 4) is 17.2 Å². The Labute approximate surface area is 225 Å². The van der Waals surface area contributed by atoms with Crippen LogP contribution in [0.4, 0.5) is 0 Å². The Kier molecular flexibility index (Phi) is 9.32. The quantitative estimate of drug-likeness (QED) is 0.190. The van der Waals surface area contributed by atoms with E-state index in [-0.39, 0.29) is 0 Å². The summed E-state index contributed by atoms with van der Waals surface area (Å²) in [6.45, 7) is 6.14. The summed E-state index contributed by atoms with van der Waals surface area (Å²) >= 11 is 6.75. The van der Waals surface area contributed by atoms with E-state index >= 15 is 0 Å². The fraction of sp³-hybridized carbons (Fsp3) is 0.312. The van der Waals surface area contributed by atoms with Crippen molar-refractivity contribution in [2.75, 3.05) is 20.8 Å². The lowest BCUT2D eigenvalue weighted by molar-refractivity contribution is 0.0712. The Morgan fingerprint density at radius 3 is 1.86 bits per heavy atom. The van der Waals surface area contributed by atoms with Crippen molar-refractivity contribution in [1.82, 2.24) is 0 Å². The third-order valence-electron chi connectivity index (χ3n) is 6.75. The first kappa shape index (κ1) is 26.8. The molecule has 0 aromatic heterocycles. The van der Waals surface area contributed by atoms with Gasteiger partial charge in [0.1, 0.15) is 23.9 Å². The van der Waals surface area contributed by atoms with Crippen LogP contribution >= 0.6 is 11.6 Å². The predicted octanol–water partition coefficient (Wildman–Crippen LogP) is 8.12. The maximum Gasteiger partial charge on any atom is 0.130 e. The van der Waals surface area contributed by atoms with Gasteiger partial charge in [-0.1, -0.05) is 74.0 Å². The summed E-state index contributed by atoms with van der Waals surface area (Å²) in [7, 11) is 3.34. The van der Waals surface area contributed by atoms with Crippen molar-refractivity contribution in [3.05, 3.63) is 101 Å². The monoisotopic (exact) mass is 518 g/mol. The molecule has 0 bridgehead atoms. The van der Waals surface area contributed by atoms with E-state index in [1.54, 1.807) is 14.2 Å². The van der Waals surface area contributed by atoms with Crippen molar-refractivity contribution in [2.45, 2.75) is 33.5 Å². The minimum absolute atomic E-state index is 0.304. The van der Waals surface area contributed by atoms with Crippen LogP contribution in [0, 0.1) is 11.8 Å².